The Labute approximate surface area is 84.3 Å². The highest BCUT2D eigenvalue weighted by Crippen LogP contribution is 2.25. The predicted octanol–water partition coefficient (Wildman–Crippen LogP) is 1.72. The molecule has 0 saturated carbocycles. The van der Waals surface area contributed by atoms with Gasteiger partial charge >= 0.3 is 0 Å². The largest absolute Gasteiger partial charge is 0.307 e. The normalized spacial score (nSPS) is 26.4. The molecular formula is C12H15NO. The standard InChI is InChI=1S/C12H15NO/c1-9(14)12-7-11(8-13-12)10-5-3-2-4-6-10/h2-6,11-13H,7-8H2,1H3/t11?,12-/m0/s1. The molecule has 0 bridgehead atoms. The van der Waals surface area contributed by atoms with Crippen LogP contribution in [0, 0.1) is 0 Å². The Morgan fingerprint density at radius 3 is 2.64 bits per heavy atom. The molecule has 0 aromatic heterocycles. The zero-order valence-corrected chi connectivity index (χ0v) is 8.36. The summed E-state index contributed by atoms with van der Waals surface area (Å²) >= 11 is 0. The maximum Gasteiger partial charge on any atom is 0.146 e. The topological polar surface area (TPSA) is 29.1 Å². The van der Waals surface area contributed by atoms with Crippen molar-refractivity contribution in [1.29, 1.82) is 0 Å². The van der Waals surface area contributed by atoms with Gasteiger partial charge in [0.1, 0.15) is 5.78 Å². The van der Waals surface area contributed by atoms with E-state index in [9.17, 15) is 4.79 Å². The average molecular weight is 189 g/mol. The first-order valence-electron chi connectivity index (χ1n) is 5.06. The first kappa shape index (κ1) is 9.41. The van der Waals surface area contributed by atoms with Crippen molar-refractivity contribution in [2.75, 3.05) is 6.54 Å². The second kappa shape index (κ2) is 3.93. The molecule has 1 unspecified atom stereocenters. The third kappa shape index (κ3) is 1.85. The molecule has 0 aliphatic carbocycles. The number of Topliss-reactive ketones (excluding diaryl/α,β-unsaturated/α-hetero) is 1. The van der Waals surface area contributed by atoms with Gasteiger partial charge in [-0.2, -0.15) is 0 Å². The molecule has 1 aliphatic rings. The summed E-state index contributed by atoms with van der Waals surface area (Å²) in [5.74, 6) is 0.758. The lowest BCUT2D eigenvalue weighted by molar-refractivity contribution is -0.118. The summed E-state index contributed by atoms with van der Waals surface area (Å²) in [5.41, 5.74) is 1.34. The van der Waals surface area contributed by atoms with E-state index in [4.69, 9.17) is 0 Å². The molecule has 14 heavy (non-hydrogen) atoms. The number of ketones is 1. The fourth-order valence-electron chi connectivity index (χ4n) is 2.02. The third-order valence-electron chi connectivity index (χ3n) is 2.89. The van der Waals surface area contributed by atoms with E-state index in [1.807, 2.05) is 6.07 Å². The van der Waals surface area contributed by atoms with Gasteiger partial charge in [0, 0.05) is 6.54 Å². The summed E-state index contributed by atoms with van der Waals surface area (Å²) in [6.45, 7) is 2.58. The summed E-state index contributed by atoms with van der Waals surface area (Å²) < 4.78 is 0. The van der Waals surface area contributed by atoms with Crippen molar-refractivity contribution in [3.05, 3.63) is 35.9 Å². The Kier molecular flexibility index (Phi) is 2.64. The number of carbonyl (C=O) groups is 1. The highest BCUT2D eigenvalue weighted by Gasteiger charge is 2.27. The Morgan fingerprint density at radius 1 is 1.36 bits per heavy atom. The quantitative estimate of drug-likeness (QED) is 0.767. The van der Waals surface area contributed by atoms with Crippen molar-refractivity contribution < 1.29 is 4.79 Å². The number of rotatable bonds is 2. The zero-order valence-electron chi connectivity index (χ0n) is 8.36. The van der Waals surface area contributed by atoms with E-state index in [2.05, 4.69) is 29.6 Å². The maximum atomic E-state index is 11.2. The van der Waals surface area contributed by atoms with Gasteiger partial charge in [0.25, 0.3) is 0 Å². The fraction of sp³-hybridized carbons (Fsp3) is 0.417. The maximum absolute atomic E-state index is 11.2. The van der Waals surface area contributed by atoms with E-state index in [-0.39, 0.29) is 11.8 Å². The number of hydrogen-bond acceptors (Lipinski definition) is 2. The minimum absolute atomic E-state index is 0.0696. The molecule has 0 radical (unpaired) electrons. The molecule has 1 heterocycles. The molecule has 2 atom stereocenters. The number of carbonyl (C=O) groups excluding carboxylic acids is 1. The second-order valence-electron chi connectivity index (χ2n) is 3.91. The van der Waals surface area contributed by atoms with Crippen LogP contribution >= 0.6 is 0 Å². The molecular weight excluding hydrogens is 174 g/mol. The van der Waals surface area contributed by atoms with Crippen LogP contribution in [0.2, 0.25) is 0 Å². The molecule has 1 aromatic carbocycles. The van der Waals surface area contributed by atoms with Gasteiger partial charge in [-0.3, -0.25) is 4.79 Å². The molecule has 1 N–H and O–H groups in total. The van der Waals surface area contributed by atoms with E-state index in [0.717, 1.165) is 13.0 Å². The monoisotopic (exact) mass is 189 g/mol. The van der Waals surface area contributed by atoms with Crippen LogP contribution in [0.3, 0.4) is 0 Å². The van der Waals surface area contributed by atoms with E-state index in [1.165, 1.54) is 5.56 Å². The van der Waals surface area contributed by atoms with Crippen molar-refractivity contribution in [3.8, 4) is 0 Å². The lowest BCUT2D eigenvalue weighted by Crippen LogP contribution is -2.28. The molecule has 2 rings (SSSR count). The zero-order chi connectivity index (χ0) is 9.97. The summed E-state index contributed by atoms with van der Waals surface area (Å²) in [4.78, 5) is 11.2. The van der Waals surface area contributed by atoms with Crippen LogP contribution in [0.25, 0.3) is 0 Å². The lowest BCUT2D eigenvalue weighted by atomic mass is 9.95. The van der Waals surface area contributed by atoms with Gasteiger partial charge < -0.3 is 5.32 Å². The first-order valence-corrected chi connectivity index (χ1v) is 5.06. The van der Waals surface area contributed by atoms with Crippen LogP contribution in [-0.2, 0) is 4.79 Å². The Bertz CT molecular complexity index is 320. The van der Waals surface area contributed by atoms with Crippen LogP contribution in [0.15, 0.2) is 30.3 Å². The number of nitrogens with one attached hydrogen (secondary N) is 1. The molecule has 1 saturated heterocycles. The van der Waals surface area contributed by atoms with Crippen LogP contribution in [0.4, 0.5) is 0 Å². The highest BCUT2D eigenvalue weighted by atomic mass is 16.1. The van der Waals surface area contributed by atoms with Crippen molar-refractivity contribution in [3.63, 3.8) is 0 Å². The third-order valence-corrected chi connectivity index (χ3v) is 2.89. The molecule has 2 nitrogen and oxygen atoms in total. The van der Waals surface area contributed by atoms with Crippen molar-refractivity contribution in [2.24, 2.45) is 0 Å². The highest BCUT2D eigenvalue weighted by molar-refractivity contribution is 5.81. The Hall–Kier alpha value is -1.15. The molecule has 2 heteroatoms. The smallest absolute Gasteiger partial charge is 0.146 e. The van der Waals surface area contributed by atoms with Crippen molar-refractivity contribution in [1.82, 2.24) is 5.32 Å². The molecule has 1 fully saturated rings. The van der Waals surface area contributed by atoms with E-state index in [1.54, 1.807) is 6.92 Å². The van der Waals surface area contributed by atoms with Gasteiger partial charge in [-0.05, 0) is 24.8 Å². The average Bonchev–Trinajstić information content (AvgIpc) is 2.68. The molecule has 1 aromatic rings. The number of hydrogen-bond donors (Lipinski definition) is 1. The van der Waals surface area contributed by atoms with Crippen LogP contribution in [-0.4, -0.2) is 18.4 Å². The summed E-state index contributed by atoms with van der Waals surface area (Å²) in [7, 11) is 0. The van der Waals surface area contributed by atoms with Gasteiger partial charge in [-0.15, -0.1) is 0 Å². The molecule has 74 valence electrons. The molecule has 0 amide bonds. The fourth-order valence-corrected chi connectivity index (χ4v) is 2.02. The minimum atomic E-state index is 0.0696. The van der Waals surface area contributed by atoms with Gasteiger partial charge in [0.2, 0.25) is 0 Å². The van der Waals surface area contributed by atoms with E-state index >= 15 is 0 Å². The van der Waals surface area contributed by atoms with Crippen LogP contribution in [0.5, 0.6) is 0 Å². The molecule has 0 spiro atoms. The van der Waals surface area contributed by atoms with Crippen LogP contribution < -0.4 is 5.32 Å². The number of benzene rings is 1. The lowest BCUT2D eigenvalue weighted by Gasteiger charge is -2.08. The Balaban J connectivity index is 2.06. The minimum Gasteiger partial charge on any atom is -0.307 e. The SMILES string of the molecule is CC(=O)[C@@H]1CC(c2ccccc2)CN1. The van der Waals surface area contributed by atoms with Crippen molar-refractivity contribution in [2.45, 2.75) is 25.3 Å². The predicted molar refractivity (Wildman–Crippen MR) is 56.3 cm³/mol. The Morgan fingerprint density at radius 2 is 2.07 bits per heavy atom. The summed E-state index contributed by atoms with van der Waals surface area (Å²) in [6, 6.07) is 10.5. The van der Waals surface area contributed by atoms with Crippen LogP contribution in [0.1, 0.15) is 24.8 Å². The van der Waals surface area contributed by atoms with Gasteiger partial charge in [0.05, 0.1) is 6.04 Å². The van der Waals surface area contributed by atoms with Gasteiger partial charge in [-0.25, -0.2) is 0 Å². The molecule has 1 aliphatic heterocycles. The van der Waals surface area contributed by atoms with E-state index in [0.29, 0.717) is 5.92 Å². The van der Waals surface area contributed by atoms with Crippen molar-refractivity contribution >= 4 is 5.78 Å². The van der Waals surface area contributed by atoms with Gasteiger partial charge in [-0.1, -0.05) is 30.3 Å². The van der Waals surface area contributed by atoms with Gasteiger partial charge in [0.15, 0.2) is 0 Å². The van der Waals surface area contributed by atoms with E-state index < -0.39 is 0 Å². The summed E-state index contributed by atoms with van der Waals surface area (Å²) in [5, 5.41) is 3.26. The second-order valence-corrected chi connectivity index (χ2v) is 3.91. The summed E-state index contributed by atoms with van der Waals surface area (Å²) in [6.07, 6.45) is 0.944. The first-order chi connectivity index (χ1) is 6.77.